The molecule has 0 aliphatic carbocycles. The summed E-state index contributed by atoms with van der Waals surface area (Å²) in [6.45, 7) is 0.791. The minimum atomic E-state index is 0.791. The highest BCUT2D eigenvalue weighted by molar-refractivity contribution is 7.98. The molecule has 0 aliphatic heterocycles. The Balaban J connectivity index is 2.40. The van der Waals surface area contributed by atoms with Gasteiger partial charge in [0.1, 0.15) is 5.75 Å². The maximum atomic E-state index is 5.52. The molecule has 0 amide bonds. The smallest absolute Gasteiger partial charge is 0.119 e. The van der Waals surface area contributed by atoms with Crippen molar-refractivity contribution < 1.29 is 4.74 Å². The molecule has 0 N–H and O–H groups in total. The van der Waals surface area contributed by atoms with Gasteiger partial charge in [-0.2, -0.15) is 11.8 Å². The first-order valence-corrected chi connectivity index (χ1v) is 6.74. The van der Waals surface area contributed by atoms with E-state index in [0.29, 0.717) is 0 Å². The van der Waals surface area contributed by atoms with Gasteiger partial charge >= 0.3 is 0 Å². The molecule has 0 atom stereocenters. The Morgan fingerprint density at radius 1 is 1.15 bits per heavy atom. The van der Waals surface area contributed by atoms with Gasteiger partial charge in [-0.3, -0.25) is 0 Å². The molecule has 0 unspecified atom stereocenters. The van der Waals surface area contributed by atoms with Crippen LogP contribution >= 0.6 is 23.5 Å². The van der Waals surface area contributed by atoms with E-state index in [1.54, 1.807) is 23.5 Å². The van der Waals surface area contributed by atoms with E-state index >= 15 is 0 Å². The molecule has 0 radical (unpaired) electrons. The van der Waals surface area contributed by atoms with Crippen molar-refractivity contribution in [3.05, 3.63) is 24.3 Å². The summed E-state index contributed by atoms with van der Waals surface area (Å²) in [6, 6.07) is 8.20. The van der Waals surface area contributed by atoms with E-state index in [1.807, 2.05) is 12.1 Å². The van der Waals surface area contributed by atoms with Gasteiger partial charge in [0.15, 0.2) is 0 Å². The number of ether oxygens (including phenoxy) is 1. The fraction of sp³-hybridized carbons (Fsp3) is 0.400. The van der Waals surface area contributed by atoms with E-state index < -0.39 is 0 Å². The number of rotatable bonds is 5. The molecule has 13 heavy (non-hydrogen) atoms. The second-order valence-electron chi connectivity index (χ2n) is 2.52. The monoisotopic (exact) mass is 214 g/mol. The average molecular weight is 214 g/mol. The van der Waals surface area contributed by atoms with Crippen LogP contribution in [0.3, 0.4) is 0 Å². The SMILES string of the molecule is CSCCOc1ccc(SC)cc1. The first-order valence-electron chi connectivity index (χ1n) is 4.12. The van der Waals surface area contributed by atoms with Gasteiger partial charge < -0.3 is 4.74 Å². The van der Waals surface area contributed by atoms with Gasteiger partial charge in [-0.05, 0) is 36.8 Å². The van der Waals surface area contributed by atoms with E-state index in [4.69, 9.17) is 4.74 Å². The standard InChI is InChI=1S/C10H14OS2/c1-12-8-7-11-9-3-5-10(13-2)6-4-9/h3-6H,7-8H2,1-2H3. The van der Waals surface area contributed by atoms with Crippen molar-refractivity contribution in [3.8, 4) is 5.75 Å². The summed E-state index contributed by atoms with van der Waals surface area (Å²) in [4.78, 5) is 1.28. The summed E-state index contributed by atoms with van der Waals surface area (Å²) in [5.74, 6) is 2.01. The maximum Gasteiger partial charge on any atom is 0.119 e. The molecule has 0 heterocycles. The van der Waals surface area contributed by atoms with Crippen LogP contribution in [0.2, 0.25) is 0 Å². The van der Waals surface area contributed by atoms with Crippen LogP contribution < -0.4 is 4.74 Å². The number of benzene rings is 1. The molecule has 0 aromatic heterocycles. The molecule has 72 valence electrons. The van der Waals surface area contributed by atoms with Gasteiger partial charge in [-0.25, -0.2) is 0 Å². The van der Waals surface area contributed by atoms with Gasteiger partial charge in [0, 0.05) is 10.6 Å². The summed E-state index contributed by atoms with van der Waals surface area (Å²) in [5, 5.41) is 0. The third-order valence-corrected chi connectivity index (χ3v) is 2.93. The zero-order chi connectivity index (χ0) is 9.52. The van der Waals surface area contributed by atoms with Crippen LogP contribution in [-0.2, 0) is 0 Å². The average Bonchev–Trinajstić information content (AvgIpc) is 2.19. The highest BCUT2D eigenvalue weighted by Crippen LogP contribution is 2.18. The quantitative estimate of drug-likeness (QED) is 0.550. The normalized spacial score (nSPS) is 10.0. The highest BCUT2D eigenvalue weighted by Gasteiger charge is 1.93. The van der Waals surface area contributed by atoms with Crippen LogP contribution in [0.5, 0.6) is 5.75 Å². The molecule has 1 rings (SSSR count). The zero-order valence-electron chi connectivity index (χ0n) is 7.95. The van der Waals surface area contributed by atoms with Crippen LogP contribution in [0.1, 0.15) is 0 Å². The molecular formula is C10H14OS2. The van der Waals surface area contributed by atoms with E-state index in [0.717, 1.165) is 18.1 Å². The molecule has 0 aliphatic rings. The van der Waals surface area contributed by atoms with Crippen molar-refractivity contribution in [1.82, 2.24) is 0 Å². The summed E-state index contributed by atoms with van der Waals surface area (Å²) < 4.78 is 5.52. The lowest BCUT2D eigenvalue weighted by molar-refractivity contribution is 0.344. The fourth-order valence-corrected chi connectivity index (χ4v) is 1.57. The Morgan fingerprint density at radius 2 is 1.85 bits per heavy atom. The molecule has 0 fully saturated rings. The van der Waals surface area contributed by atoms with E-state index in [-0.39, 0.29) is 0 Å². The molecule has 0 bridgehead atoms. The van der Waals surface area contributed by atoms with Crippen LogP contribution in [0, 0.1) is 0 Å². The summed E-state index contributed by atoms with van der Waals surface area (Å²) in [7, 11) is 0. The summed E-state index contributed by atoms with van der Waals surface area (Å²) in [6.07, 6.45) is 4.16. The predicted molar refractivity (Wildman–Crippen MR) is 62.1 cm³/mol. The van der Waals surface area contributed by atoms with Crippen molar-refractivity contribution in [2.24, 2.45) is 0 Å². The fourth-order valence-electron chi connectivity index (χ4n) is 0.915. The maximum absolute atomic E-state index is 5.52. The molecule has 1 aromatic rings. The van der Waals surface area contributed by atoms with Gasteiger partial charge in [-0.1, -0.05) is 0 Å². The highest BCUT2D eigenvalue weighted by atomic mass is 32.2. The number of hydrogen-bond donors (Lipinski definition) is 0. The Kier molecular flexibility index (Phi) is 5.16. The van der Waals surface area contributed by atoms with Crippen molar-refractivity contribution in [3.63, 3.8) is 0 Å². The van der Waals surface area contributed by atoms with Gasteiger partial charge in [0.25, 0.3) is 0 Å². The predicted octanol–water partition coefficient (Wildman–Crippen LogP) is 3.15. The van der Waals surface area contributed by atoms with Crippen LogP contribution in [0.4, 0.5) is 0 Å². The van der Waals surface area contributed by atoms with Crippen molar-refractivity contribution in [2.45, 2.75) is 4.90 Å². The first kappa shape index (κ1) is 10.8. The van der Waals surface area contributed by atoms with Crippen molar-refractivity contribution >= 4 is 23.5 Å². The Labute approximate surface area is 88.3 Å². The van der Waals surface area contributed by atoms with Gasteiger partial charge in [0.2, 0.25) is 0 Å². The third-order valence-electron chi connectivity index (χ3n) is 1.62. The Bertz CT molecular complexity index is 233. The molecule has 0 saturated carbocycles. The van der Waals surface area contributed by atoms with E-state index in [2.05, 4.69) is 24.6 Å². The third kappa shape index (κ3) is 3.96. The molecule has 1 nitrogen and oxygen atoms in total. The van der Waals surface area contributed by atoms with Crippen LogP contribution in [0.25, 0.3) is 0 Å². The van der Waals surface area contributed by atoms with Gasteiger partial charge in [0.05, 0.1) is 6.61 Å². The topological polar surface area (TPSA) is 9.23 Å². The molecule has 0 spiro atoms. The second kappa shape index (κ2) is 6.22. The lowest BCUT2D eigenvalue weighted by Crippen LogP contribution is -1.99. The largest absolute Gasteiger partial charge is 0.493 e. The lowest BCUT2D eigenvalue weighted by Gasteiger charge is -2.04. The number of thioether (sulfide) groups is 2. The molecular weight excluding hydrogens is 200 g/mol. The van der Waals surface area contributed by atoms with E-state index in [9.17, 15) is 0 Å². The number of hydrogen-bond acceptors (Lipinski definition) is 3. The van der Waals surface area contributed by atoms with Gasteiger partial charge in [-0.15, -0.1) is 11.8 Å². The molecule has 3 heteroatoms. The summed E-state index contributed by atoms with van der Waals surface area (Å²) >= 11 is 3.55. The van der Waals surface area contributed by atoms with Crippen molar-refractivity contribution in [1.29, 1.82) is 0 Å². The summed E-state index contributed by atoms with van der Waals surface area (Å²) in [5.41, 5.74) is 0. The molecule has 0 saturated heterocycles. The van der Waals surface area contributed by atoms with Crippen LogP contribution in [0.15, 0.2) is 29.2 Å². The lowest BCUT2D eigenvalue weighted by atomic mass is 10.3. The Hall–Kier alpha value is -0.280. The second-order valence-corrected chi connectivity index (χ2v) is 4.38. The first-order chi connectivity index (χ1) is 6.36. The van der Waals surface area contributed by atoms with E-state index in [1.165, 1.54) is 4.90 Å². The minimum Gasteiger partial charge on any atom is -0.493 e. The zero-order valence-corrected chi connectivity index (χ0v) is 9.58. The van der Waals surface area contributed by atoms with Crippen molar-refractivity contribution in [2.75, 3.05) is 24.9 Å². The van der Waals surface area contributed by atoms with Crippen LogP contribution in [-0.4, -0.2) is 24.9 Å². The Morgan fingerprint density at radius 3 is 2.38 bits per heavy atom. The minimum absolute atomic E-state index is 0.791. The molecule has 1 aromatic carbocycles.